The predicted molar refractivity (Wildman–Crippen MR) is 76.5 cm³/mol. The van der Waals surface area contributed by atoms with Crippen LogP contribution in [-0.2, 0) is 9.47 Å². The Morgan fingerprint density at radius 1 is 1.30 bits per heavy atom. The average molecular weight is 285 g/mol. The molecule has 0 radical (unpaired) electrons. The smallest absolute Gasteiger partial charge is 0.410 e. The number of rotatable bonds is 1. The average Bonchev–Trinajstić information content (AvgIpc) is 2.57. The second-order valence-corrected chi connectivity index (χ2v) is 6.71. The van der Waals surface area contributed by atoms with Crippen molar-refractivity contribution in [3.8, 4) is 0 Å². The van der Waals surface area contributed by atoms with Crippen molar-refractivity contribution < 1.29 is 14.3 Å². The van der Waals surface area contributed by atoms with Gasteiger partial charge >= 0.3 is 6.09 Å². The lowest BCUT2D eigenvalue weighted by Crippen LogP contribution is -2.57. The molecule has 2 rings (SSSR count). The Balaban J connectivity index is 1.92. The predicted octanol–water partition coefficient (Wildman–Crippen LogP) is 0.513. The third-order valence-corrected chi connectivity index (χ3v) is 3.75. The van der Waals surface area contributed by atoms with Crippen molar-refractivity contribution in [1.29, 1.82) is 0 Å². The van der Waals surface area contributed by atoms with Gasteiger partial charge in [-0.1, -0.05) is 0 Å². The topological polar surface area (TPSA) is 68.0 Å². The van der Waals surface area contributed by atoms with Gasteiger partial charge in [0.1, 0.15) is 5.60 Å². The molecule has 2 aliphatic rings. The van der Waals surface area contributed by atoms with E-state index in [0.717, 1.165) is 19.7 Å². The molecule has 2 heterocycles. The van der Waals surface area contributed by atoms with Gasteiger partial charge in [0.25, 0.3) is 0 Å². The van der Waals surface area contributed by atoms with Crippen molar-refractivity contribution in [3.05, 3.63) is 0 Å². The van der Waals surface area contributed by atoms with E-state index in [0.29, 0.717) is 32.2 Å². The molecule has 0 aliphatic carbocycles. The Morgan fingerprint density at radius 2 is 2.05 bits per heavy atom. The van der Waals surface area contributed by atoms with E-state index in [1.807, 2.05) is 20.8 Å². The normalized spacial score (nSPS) is 28.7. The van der Waals surface area contributed by atoms with E-state index >= 15 is 0 Å². The van der Waals surface area contributed by atoms with Gasteiger partial charge < -0.3 is 20.1 Å². The maximum atomic E-state index is 12.1. The first-order valence-corrected chi connectivity index (χ1v) is 7.39. The van der Waals surface area contributed by atoms with Crippen LogP contribution in [0.3, 0.4) is 0 Å². The van der Waals surface area contributed by atoms with Crippen LogP contribution in [-0.4, -0.2) is 73.5 Å². The first-order chi connectivity index (χ1) is 9.39. The summed E-state index contributed by atoms with van der Waals surface area (Å²) in [5.74, 6) is 0.396. The highest BCUT2D eigenvalue weighted by Gasteiger charge is 2.34. The van der Waals surface area contributed by atoms with Crippen LogP contribution in [0, 0.1) is 5.92 Å². The van der Waals surface area contributed by atoms with Crippen molar-refractivity contribution in [3.63, 3.8) is 0 Å². The van der Waals surface area contributed by atoms with Crippen LogP contribution in [0.4, 0.5) is 4.79 Å². The Labute approximate surface area is 121 Å². The molecule has 2 N–H and O–H groups in total. The molecule has 2 aliphatic heterocycles. The zero-order valence-corrected chi connectivity index (χ0v) is 12.8. The molecule has 0 saturated carbocycles. The Hall–Kier alpha value is -0.850. The Kier molecular flexibility index (Phi) is 4.88. The molecule has 2 atom stereocenters. The van der Waals surface area contributed by atoms with Gasteiger partial charge in [-0.2, -0.15) is 0 Å². The fourth-order valence-electron chi connectivity index (χ4n) is 2.68. The number of hydrogen-bond acceptors (Lipinski definition) is 5. The summed E-state index contributed by atoms with van der Waals surface area (Å²) in [5, 5.41) is 0. The molecule has 0 spiro atoms. The molecule has 0 bridgehead atoms. The zero-order valence-electron chi connectivity index (χ0n) is 12.8. The molecule has 6 heteroatoms. The summed E-state index contributed by atoms with van der Waals surface area (Å²) in [6.45, 7) is 10.9. The number of ether oxygens (including phenoxy) is 2. The summed E-state index contributed by atoms with van der Waals surface area (Å²) in [6, 6.07) is 0.257. The van der Waals surface area contributed by atoms with Crippen molar-refractivity contribution in [1.82, 2.24) is 9.80 Å². The van der Waals surface area contributed by atoms with Crippen LogP contribution < -0.4 is 5.73 Å². The van der Waals surface area contributed by atoms with Crippen molar-refractivity contribution in [2.24, 2.45) is 11.7 Å². The minimum atomic E-state index is -0.446. The fraction of sp³-hybridized carbons (Fsp3) is 0.929. The fourth-order valence-corrected chi connectivity index (χ4v) is 2.68. The number of fused-ring (bicyclic) bond motifs is 1. The molecule has 2 fully saturated rings. The first-order valence-electron chi connectivity index (χ1n) is 7.39. The van der Waals surface area contributed by atoms with Gasteiger partial charge in [0.2, 0.25) is 0 Å². The van der Waals surface area contributed by atoms with Crippen molar-refractivity contribution in [2.45, 2.75) is 32.4 Å². The second kappa shape index (κ2) is 6.28. The van der Waals surface area contributed by atoms with E-state index < -0.39 is 5.60 Å². The van der Waals surface area contributed by atoms with Gasteiger partial charge in [-0.05, 0) is 27.3 Å². The van der Waals surface area contributed by atoms with Crippen molar-refractivity contribution in [2.75, 3.05) is 45.9 Å². The van der Waals surface area contributed by atoms with Crippen LogP contribution in [0.25, 0.3) is 0 Å². The number of carbonyl (C=O) groups excluding carboxylic acids is 1. The monoisotopic (exact) mass is 285 g/mol. The molecule has 116 valence electrons. The first kappa shape index (κ1) is 15.5. The van der Waals surface area contributed by atoms with E-state index in [4.69, 9.17) is 15.2 Å². The van der Waals surface area contributed by atoms with Crippen LogP contribution in [0.1, 0.15) is 20.8 Å². The highest BCUT2D eigenvalue weighted by molar-refractivity contribution is 5.68. The lowest BCUT2D eigenvalue weighted by atomic mass is 10.1. The number of piperazine rings is 1. The van der Waals surface area contributed by atoms with Gasteiger partial charge in [-0.25, -0.2) is 4.79 Å². The van der Waals surface area contributed by atoms with E-state index in [1.54, 1.807) is 4.90 Å². The lowest BCUT2D eigenvalue weighted by molar-refractivity contribution is -0.00302. The van der Waals surface area contributed by atoms with E-state index in [1.165, 1.54) is 0 Å². The van der Waals surface area contributed by atoms with Crippen molar-refractivity contribution >= 4 is 6.09 Å². The summed E-state index contributed by atoms with van der Waals surface area (Å²) < 4.78 is 11.1. The molecule has 0 aromatic carbocycles. The van der Waals surface area contributed by atoms with Gasteiger partial charge in [0.05, 0.1) is 19.3 Å². The Morgan fingerprint density at radius 3 is 2.70 bits per heavy atom. The van der Waals surface area contributed by atoms with E-state index in [-0.39, 0.29) is 12.1 Å². The largest absolute Gasteiger partial charge is 0.444 e. The van der Waals surface area contributed by atoms with Crippen LogP contribution in [0.15, 0.2) is 0 Å². The summed E-state index contributed by atoms with van der Waals surface area (Å²) in [5.41, 5.74) is 5.30. The molecule has 1 amide bonds. The summed E-state index contributed by atoms with van der Waals surface area (Å²) in [4.78, 5) is 16.3. The highest BCUT2D eigenvalue weighted by Crippen LogP contribution is 2.18. The SMILES string of the molecule is CC(C)(C)OC(=O)N1CCN2CC(CN)COCC2C1. The van der Waals surface area contributed by atoms with Crippen LogP contribution in [0.5, 0.6) is 0 Å². The summed E-state index contributed by atoms with van der Waals surface area (Å²) in [6.07, 6.45) is -0.225. The number of carbonyl (C=O) groups is 1. The molecule has 0 aromatic rings. The second-order valence-electron chi connectivity index (χ2n) is 6.71. The van der Waals surface area contributed by atoms with E-state index in [9.17, 15) is 4.79 Å². The third kappa shape index (κ3) is 4.07. The van der Waals surface area contributed by atoms with Gasteiger partial charge in [0.15, 0.2) is 0 Å². The number of nitrogens with zero attached hydrogens (tertiary/aromatic N) is 2. The van der Waals surface area contributed by atoms with Crippen LogP contribution in [0.2, 0.25) is 0 Å². The lowest BCUT2D eigenvalue weighted by Gasteiger charge is -2.40. The van der Waals surface area contributed by atoms with E-state index in [2.05, 4.69) is 4.90 Å². The summed E-state index contributed by atoms with van der Waals surface area (Å²) >= 11 is 0. The summed E-state index contributed by atoms with van der Waals surface area (Å²) in [7, 11) is 0. The van der Waals surface area contributed by atoms with Crippen LogP contribution >= 0.6 is 0 Å². The van der Waals surface area contributed by atoms with Gasteiger partial charge in [-0.3, -0.25) is 4.90 Å². The minimum Gasteiger partial charge on any atom is -0.444 e. The minimum absolute atomic E-state index is 0.225. The molecule has 2 unspecified atom stereocenters. The quantitative estimate of drug-likeness (QED) is 0.760. The number of nitrogens with two attached hydrogens (primary N) is 1. The molecular formula is C14H27N3O3. The molecule has 20 heavy (non-hydrogen) atoms. The highest BCUT2D eigenvalue weighted by atomic mass is 16.6. The standard InChI is InChI=1S/C14H27N3O3/c1-14(2,3)20-13(18)17-5-4-16-7-11(6-15)9-19-10-12(16)8-17/h11-12H,4-10,15H2,1-3H3. The van der Waals surface area contributed by atoms with Gasteiger partial charge in [0, 0.05) is 32.1 Å². The Bertz CT molecular complexity index is 343. The molecule has 0 aromatic heterocycles. The molecular weight excluding hydrogens is 258 g/mol. The number of hydrogen-bond donors (Lipinski definition) is 1. The molecule has 6 nitrogen and oxygen atoms in total. The number of amides is 1. The maximum Gasteiger partial charge on any atom is 0.410 e. The molecule has 2 saturated heterocycles. The zero-order chi connectivity index (χ0) is 14.8. The maximum absolute atomic E-state index is 12.1. The van der Waals surface area contributed by atoms with Gasteiger partial charge in [-0.15, -0.1) is 0 Å². The third-order valence-electron chi connectivity index (χ3n) is 3.75.